The largest absolute Gasteiger partial charge is 0.450 e. The number of hydrogen-bond acceptors (Lipinski definition) is 4. The van der Waals surface area contributed by atoms with Crippen molar-refractivity contribution in [2.75, 3.05) is 18.4 Å². The lowest BCUT2D eigenvalue weighted by atomic mass is 9.92. The summed E-state index contributed by atoms with van der Waals surface area (Å²) in [6.07, 6.45) is -3.36. The summed E-state index contributed by atoms with van der Waals surface area (Å²) in [6, 6.07) is 8.39. The molecule has 1 aromatic heterocycles. The van der Waals surface area contributed by atoms with Crippen LogP contribution >= 0.6 is 0 Å². The van der Waals surface area contributed by atoms with E-state index in [9.17, 15) is 22.8 Å². The molecule has 0 radical (unpaired) electrons. The number of aromatic nitrogens is 1. The van der Waals surface area contributed by atoms with E-state index >= 15 is 0 Å². The Bertz CT molecular complexity index is 939. The van der Waals surface area contributed by atoms with Crippen molar-refractivity contribution >= 4 is 17.5 Å². The fourth-order valence-corrected chi connectivity index (χ4v) is 3.28. The lowest BCUT2D eigenvalue weighted by Crippen LogP contribution is -2.44. The topological polar surface area (TPSA) is 71.5 Å². The van der Waals surface area contributed by atoms with Crippen molar-refractivity contribution in [3.8, 4) is 11.6 Å². The summed E-state index contributed by atoms with van der Waals surface area (Å²) in [6.45, 7) is 3.99. The van der Waals surface area contributed by atoms with Crippen molar-refractivity contribution in [1.82, 2.24) is 9.88 Å². The molecule has 0 atom stereocenters. The highest BCUT2D eigenvalue weighted by atomic mass is 19.4. The summed E-state index contributed by atoms with van der Waals surface area (Å²) in [7, 11) is 0. The Kier molecular flexibility index (Phi) is 6.28. The van der Waals surface area contributed by atoms with Crippen molar-refractivity contribution in [3.63, 3.8) is 0 Å². The van der Waals surface area contributed by atoms with Gasteiger partial charge in [-0.25, -0.2) is 9.78 Å². The molecule has 9 heteroatoms. The maximum Gasteiger partial charge on any atom is 0.450 e. The number of pyridine rings is 1. The monoisotopic (exact) mass is 421 g/mol. The van der Waals surface area contributed by atoms with Gasteiger partial charge in [0, 0.05) is 25.2 Å². The molecular weight excluding hydrogens is 399 g/mol. The number of rotatable bonds is 4. The van der Waals surface area contributed by atoms with Crippen molar-refractivity contribution < 1.29 is 27.5 Å². The number of piperidine rings is 1. The van der Waals surface area contributed by atoms with Crippen LogP contribution < -0.4 is 10.1 Å². The van der Waals surface area contributed by atoms with Crippen molar-refractivity contribution in [1.29, 1.82) is 0 Å². The number of nitrogens with one attached hydrogen (secondary N) is 1. The van der Waals surface area contributed by atoms with Crippen LogP contribution in [0.25, 0.3) is 0 Å². The summed E-state index contributed by atoms with van der Waals surface area (Å²) >= 11 is 0. The molecule has 6 nitrogen and oxygen atoms in total. The number of Topliss-reactive ketones (excluding diaryl/α,β-unsaturated/α-hetero) is 1. The van der Waals surface area contributed by atoms with E-state index in [0.717, 1.165) is 11.1 Å². The SMILES string of the molecule is Cc1cccc(Oc2ncccc2NC(=O)N2CCC(C(=O)C(F)(F)F)CC2)c1C. The number of hydrogen-bond donors (Lipinski definition) is 1. The smallest absolute Gasteiger partial charge is 0.437 e. The number of carbonyl (C=O) groups is 2. The third kappa shape index (κ3) is 4.90. The Morgan fingerprint density at radius 3 is 2.50 bits per heavy atom. The third-order valence-electron chi connectivity index (χ3n) is 5.21. The number of alkyl halides is 3. The zero-order valence-electron chi connectivity index (χ0n) is 16.6. The number of amides is 2. The van der Waals surface area contributed by atoms with E-state index in [1.54, 1.807) is 18.2 Å². The highest BCUT2D eigenvalue weighted by molar-refractivity contribution is 5.91. The number of benzene rings is 1. The Balaban J connectivity index is 1.65. The lowest BCUT2D eigenvalue weighted by Gasteiger charge is -2.31. The van der Waals surface area contributed by atoms with E-state index in [-0.39, 0.29) is 31.8 Å². The number of aryl methyl sites for hydroxylation is 1. The van der Waals surface area contributed by atoms with Gasteiger partial charge in [0.05, 0.1) is 0 Å². The van der Waals surface area contributed by atoms with Crippen LogP contribution in [0.1, 0.15) is 24.0 Å². The number of likely N-dealkylation sites (tertiary alicyclic amines) is 1. The number of ether oxygens (including phenoxy) is 1. The molecular formula is C21H22F3N3O3. The molecule has 2 aromatic rings. The molecule has 0 unspecified atom stereocenters. The van der Waals surface area contributed by atoms with E-state index in [4.69, 9.17) is 4.74 Å². The first-order chi connectivity index (χ1) is 14.2. The van der Waals surface area contributed by atoms with E-state index < -0.39 is 23.9 Å². The summed E-state index contributed by atoms with van der Waals surface area (Å²) < 4.78 is 43.7. The van der Waals surface area contributed by atoms with Gasteiger partial charge in [0.2, 0.25) is 11.7 Å². The number of anilines is 1. The van der Waals surface area contributed by atoms with Crippen LogP contribution in [0.4, 0.5) is 23.7 Å². The van der Waals surface area contributed by atoms with E-state index in [1.807, 2.05) is 26.0 Å². The minimum atomic E-state index is -4.84. The highest BCUT2D eigenvalue weighted by Gasteiger charge is 2.44. The van der Waals surface area contributed by atoms with Crippen molar-refractivity contribution in [2.24, 2.45) is 5.92 Å². The van der Waals surface area contributed by atoms with Crippen molar-refractivity contribution in [3.05, 3.63) is 47.7 Å². The maximum absolute atomic E-state index is 12.6. The minimum Gasteiger partial charge on any atom is -0.437 e. The molecule has 0 saturated carbocycles. The second-order valence-corrected chi connectivity index (χ2v) is 7.21. The molecule has 1 aromatic carbocycles. The van der Waals surface area contributed by atoms with Gasteiger partial charge in [0.25, 0.3) is 0 Å². The third-order valence-corrected chi connectivity index (χ3v) is 5.21. The Hall–Kier alpha value is -3.10. The van der Waals surface area contributed by atoms with Gasteiger partial charge in [-0.3, -0.25) is 4.79 Å². The van der Waals surface area contributed by atoms with Crippen LogP contribution in [0.3, 0.4) is 0 Å². The summed E-state index contributed by atoms with van der Waals surface area (Å²) in [5.41, 5.74) is 2.33. The van der Waals surface area contributed by atoms with Crippen LogP contribution in [0.15, 0.2) is 36.5 Å². The van der Waals surface area contributed by atoms with Crippen LogP contribution in [-0.4, -0.2) is 41.0 Å². The average molecular weight is 421 g/mol. The molecule has 0 aliphatic carbocycles. The summed E-state index contributed by atoms with van der Waals surface area (Å²) in [4.78, 5) is 29.5. The number of nitrogens with zero attached hydrogens (tertiary/aromatic N) is 2. The molecule has 1 aliphatic rings. The standard InChI is InChI=1S/C21H22F3N3O3/c1-13-5-3-7-17(14(13)2)30-19-16(6-4-10-25-19)26-20(29)27-11-8-15(9-12-27)18(28)21(22,23)24/h3-7,10,15H,8-9,11-12H2,1-2H3,(H,26,29). The Morgan fingerprint density at radius 1 is 1.13 bits per heavy atom. The molecule has 0 bridgehead atoms. The molecule has 2 heterocycles. The van der Waals surface area contributed by atoms with Crippen LogP contribution in [0, 0.1) is 19.8 Å². The van der Waals surface area contributed by atoms with Gasteiger partial charge in [-0.15, -0.1) is 0 Å². The second kappa shape index (κ2) is 8.73. The van der Waals surface area contributed by atoms with Crippen molar-refractivity contribution in [2.45, 2.75) is 32.9 Å². The molecule has 0 spiro atoms. The predicted molar refractivity (Wildman–Crippen MR) is 105 cm³/mol. The number of ketones is 1. The molecule has 1 saturated heterocycles. The number of carbonyl (C=O) groups excluding carboxylic acids is 2. The van der Waals surface area contributed by atoms with E-state index in [2.05, 4.69) is 10.3 Å². The summed E-state index contributed by atoms with van der Waals surface area (Å²) in [5.74, 6) is -2.01. The van der Waals surface area contributed by atoms with Gasteiger partial charge in [-0.2, -0.15) is 13.2 Å². The van der Waals surface area contributed by atoms with Gasteiger partial charge >= 0.3 is 12.2 Å². The van der Waals surface area contributed by atoms with Gasteiger partial charge in [0.1, 0.15) is 11.4 Å². The maximum atomic E-state index is 12.6. The molecule has 2 amide bonds. The lowest BCUT2D eigenvalue weighted by molar-refractivity contribution is -0.176. The van der Waals surface area contributed by atoms with Gasteiger partial charge in [-0.1, -0.05) is 12.1 Å². The zero-order chi connectivity index (χ0) is 21.9. The molecule has 30 heavy (non-hydrogen) atoms. The number of urea groups is 1. The normalized spacial score (nSPS) is 15.0. The Morgan fingerprint density at radius 2 is 1.83 bits per heavy atom. The Labute approximate surface area is 172 Å². The zero-order valence-corrected chi connectivity index (χ0v) is 16.6. The summed E-state index contributed by atoms with van der Waals surface area (Å²) in [5, 5.41) is 2.70. The van der Waals surface area contributed by atoms with E-state index in [1.165, 1.54) is 11.1 Å². The predicted octanol–water partition coefficient (Wildman–Crippen LogP) is 4.87. The average Bonchev–Trinajstić information content (AvgIpc) is 2.71. The molecule has 160 valence electrons. The fraction of sp³-hybridized carbons (Fsp3) is 0.381. The minimum absolute atomic E-state index is 0.0232. The first kappa shape index (κ1) is 21.6. The van der Waals surface area contributed by atoms with Crippen LogP contribution in [0.5, 0.6) is 11.6 Å². The molecule has 1 fully saturated rings. The van der Waals surface area contributed by atoms with Gasteiger partial charge in [-0.05, 0) is 56.0 Å². The van der Waals surface area contributed by atoms with Gasteiger partial charge in [0.15, 0.2) is 0 Å². The number of halogens is 3. The van der Waals surface area contributed by atoms with Crippen LogP contribution in [-0.2, 0) is 4.79 Å². The van der Waals surface area contributed by atoms with Crippen LogP contribution in [0.2, 0.25) is 0 Å². The first-order valence-corrected chi connectivity index (χ1v) is 9.53. The molecule has 1 aliphatic heterocycles. The van der Waals surface area contributed by atoms with E-state index in [0.29, 0.717) is 11.4 Å². The second-order valence-electron chi connectivity index (χ2n) is 7.21. The molecule has 3 rings (SSSR count). The quantitative estimate of drug-likeness (QED) is 0.765. The first-order valence-electron chi connectivity index (χ1n) is 9.53. The van der Waals surface area contributed by atoms with Gasteiger partial charge < -0.3 is 15.0 Å². The highest BCUT2D eigenvalue weighted by Crippen LogP contribution is 2.31. The molecule has 1 N–H and O–H groups in total. The fourth-order valence-electron chi connectivity index (χ4n) is 3.28.